The van der Waals surface area contributed by atoms with Gasteiger partial charge in [-0.25, -0.2) is 18.2 Å². The molecule has 1 aromatic carbocycles. The summed E-state index contributed by atoms with van der Waals surface area (Å²) < 4.78 is 40.2. The fourth-order valence-electron chi connectivity index (χ4n) is 8.88. The van der Waals surface area contributed by atoms with E-state index >= 15 is 4.79 Å². The largest absolute Gasteiger partial charge is 0.492 e. The van der Waals surface area contributed by atoms with Gasteiger partial charge in [0.1, 0.15) is 29.5 Å². The predicted molar refractivity (Wildman–Crippen MR) is 208 cm³/mol. The molecule has 2 aromatic rings. The Morgan fingerprint density at radius 1 is 1.16 bits per heavy atom. The van der Waals surface area contributed by atoms with Crippen molar-refractivity contribution >= 4 is 44.6 Å². The first-order valence-corrected chi connectivity index (χ1v) is 21.5. The number of hydrogen-bond acceptors (Lipinski definition) is 9. The molecule has 2 saturated carbocycles. The number of rotatable bonds is 7. The molecular formula is C41H55N5O9S. The molecule has 1 aromatic heterocycles. The molecule has 4 amide bonds. The molecule has 3 N–H and O–H groups in total. The van der Waals surface area contributed by atoms with Gasteiger partial charge in [0.2, 0.25) is 27.7 Å². The summed E-state index contributed by atoms with van der Waals surface area (Å²) in [6.07, 6.45) is 7.85. The number of carbonyl (C=O) groups excluding carboxylic acids is 3. The molecule has 7 rings (SSSR count). The minimum Gasteiger partial charge on any atom is -0.492 e. The molecular weight excluding hydrogens is 739 g/mol. The first-order valence-electron chi connectivity index (χ1n) is 20.0. The van der Waals surface area contributed by atoms with Crippen LogP contribution in [0.1, 0.15) is 98.5 Å². The molecule has 0 radical (unpaired) electrons. The SMILES string of the molecule is CC[C@@H]1C[C@H](C)CC/C=C\[C@@H]2C[C@@]2(C(=O)NS(=O)(=O)C2(C)CC2)NC(=O)[C@@H]2C[C@@H](Oc3nccc4c5c(ccc34)CCO5)CN2C(=O)[C@H]1N(C(=O)O)C(C)(C)C. The molecule has 1 saturated heterocycles. The Bertz CT molecular complexity index is 2060. The van der Waals surface area contributed by atoms with Crippen LogP contribution in [0.4, 0.5) is 4.79 Å². The second-order valence-electron chi connectivity index (χ2n) is 17.8. The molecule has 7 atom stereocenters. The third kappa shape index (κ3) is 7.31. The number of sulfonamides is 1. The van der Waals surface area contributed by atoms with E-state index in [4.69, 9.17) is 9.47 Å². The minimum absolute atomic E-state index is 0.0220. The molecule has 3 aliphatic heterocycles. The average Bonchev–Trinajstić information content (AvgIpc) is 3.90. The van der Waals surface area contributed by atoms with Crippen LogP contribution < -0.4 is 19.5 Å². The summed E-state index contributed by atoms with van der Waals surface area (Å²) in [6, 6.07) is 3.47. The number of aromatic nitrogens is 1. The van der Waals surface area contributed by atoms with Crippen LogP contribution in [0.5, 0.6) is 11.6 Å². The highest BCUT2D eigenvalue weighted by atomic mass is 32.2. The van der Waals surface area contributed by atoms with E-state index in [9.17, 15) is 27.9 Å². The third-order valence-corrected chi connectivity index (χ3v) is 14.8. The Labute approximate surface area is 328 Å². The average molecular weight is 794 g/mol. The third-order valence-electron chi connectivity index (χ3n) is 12.6. The van der Waals surface area contributed by atoms with Crippen LogP contribution in [0.2, 0.25) is 0 Å². The number of nitrogens with one attached hydrogen (secondary N) is 2. The Kier molecular flexibility index (Phi) is 10.3. The number of ether oxygens (including phenoxy) is 2. The lowest BCUT2D eigenvalue weighted by Gasteiger charge is -2.44. The second-order valence-corrected chi connectivity index (χ2v) is 20.0. The summed E-state index contributed by atoms with van der Waals surface area (Å²) in [6.45, 7) is 11.4. The van der Waals surface area contributed by atoms with Crippen LogP contribution >= 0.6 is 0 Å². The number of fused-ring (bicyclic) bond motifs is 5. The quantitative estimate of drug-likeness (QED) is 0.325. The van der Waals surface area contributed by atoms with Crippen LogP contribution in [0.15, 0.2) is 36.5 Å². The zero-order chi connectivity index (χ0) is 40.4. The van der Waals surface area contributed by atoms with Crippen molar-refractivity contribution in [1.82, 2.24) is 24.8 Å². The maximum atomic E-state index is 15.2. The van der Waals surface area contributed by atoms with E-state index in [1.807, 2.05) is 37.3 Å². The number of hydrogen-bond donors (Lipinski definition) is 3. The van der Waals surface area contributed by atoms with Gasteiger partial charge < -0.3 is 24.8 Å². The summed E-state index contributed by atoms with van der Waals surface area (Å²) in [4.78, 5) is 64.1. The summed E-state index contributed by atoms with van der Waals surface area (Å²) >= 11 is 0. The Balaban J connectivity index is 1.28. The van der Waals surface area contributed by atoms with E-state index in [1.54, 1.807) is 33.9 Å². The van der Waals surface area contributed by atoms with Gasteiger partial charge in [-0.3, -0.25) is 24.0 Å². The number of benzene rings is 1. The van der Waals surface area contributed by atoms with Crippen LogP contribution in [-0.2, 0) is 30.8 Å². The summed E-state index contributed by atoms with van der Waals surface area (Å²) in [5, 5.41) is 15.2. The number of pyridine rings is 1. The molecule has 2 aliphatic carbocycles. The highest BCUT2D eigenvalue weighted by Gasteiger charge is 2.63. The first kappa shape index (κ1) is 39.8. The molecule has 0 unspecified atom stereocenters. The zero-order valence-electron chi connectivity index (χ0n) is 33.2. The zero-order valence-corrected chi connectivity index (χ0v) is 34.0. The van der Waals surface area contributed by atoms with Crippen LogP contribution in [-0.4, -0.2) is 99.3 Å². The Hall–Kier alpha value is -4.40. The molecule has 0 spiro atoms. The highest BCUT2D eigenvalue weighted by molar-refractivity contribution is 7.91. The van der Waals surface area contributed by atoms with Gasteiger partial charge in [0.05, 0.1) is 17.9 Å². The first-order chi connectivity index (χ1) is 26.4. The fraction of sp³-hybridized carbons (Fsp3) is 0.634. The molecule has 304 valence electrons. The lowest BCUT2D eigenvalue weighted by atomic mass is 9.82. The van der Waals surface area contributed by atoms with Gasteiger partial charge in [-0.1, -0.05) is 38.5 Å². The topological polar surface area (TPSA) is 185 Å². The van der Waals surface area contributed by atoms with Gasteiger partial charge in [0, 0.05) is 41.3 Å². The van der Waals surface area contributed by atoms with Gasteiger partial charge in [0.15, 0.2) is 0 Å². The van der Waals surface area contributed by atoms with E-state index in [0.717, 1.165) is 29.5 Å². The maximum absolute atomic E-state index is 15.2. The molecule has 56 heavy (non-hydrogen) atoms. The molecule has 15 heteroatoms. The Morgan fingerprint density at radius 3 is 2.59 bits per heavy atom. The van der Waals surface area contributed by atoms with E-state index in [-0.39, 0.29) is 31.2 Å². The number of carboxylic acid groups (broad SMARTS) is 1. The van der Waals surface area contributed by atoms with Crippen molar-refractivity contribution in [1.29, 1.82) is 0 Å². The molecule has 3 fully saturated rings. The fourth-order valence-corrected chi connectivity index (χ4v) is 10.2. The van der Waals surface area contributed by atoms with Crippen LogP contribution in [0.25, 0.3) is 10.8 Å². The predicted octanol–water partition coefficient (Wildman–Crippen LogP) is 4.94. The van der Waals surface area contributed by atoms with Crippen molar-refractivity contribution in [2.24, 2.45) is 17.8 Å². The molecule has 4 heterocycles. The van der Waals surface area contributed by atoms with Crippen molar-refractivity contribution in [2.45, 2.75) is 133 Å². The van der Waals surface area contributed by atoms with Gasteiger partial charge in [-0.15, -0.1) is 0 Å². The smallest absolute Gasteiger partial charge is 0.408 e. The summed E-state index contributed by atoms with van der Waals surface area (Å²) in [5.41, 5.74) is -1.43. The molecule has 14 nitrogen and oxygen atoms in total. The van der Waals surface area contributed by atoms with Crippen LogP contribution in [0, 0.1) is 17.8 Å². The van der Waals surface area contributed by atoms with E-state index in [0.29, 0.717) is 50.0 Å². The monoisotopic (exact) mass is 793 g/mol. The minimum atomic E-state index is -4.01. The number of carbonyl (C=O) groups is 4. The lowest BCUT2D eigenvalue weighted by molar-refractivity contribution is -0.146. The van der Waals surface area contributed by atoms with Crippen molar-refractivity contribution < 1.29 is 42.2 Å². The molecule has 0 bridgehead atoms. The standard InChI is InChI=1S/C41H55N5O9S/c1-7-25-20-24(2)10-8-9-11-27-22-41(27,37(49)44-56(52,53)40(6)16-17-40)43-34(47)31-21-28(23-45(31)36(48)32(25)46(38(50)51)39(3,4)5)55-35-30-13-12-26-15-19-54-33(26)29(30)14-18-42-35/h9,11-14,18,24-25,27-28,31-32H,7-8,10,15-17,19-23H2,1-6H3,(H,43,47)(H,44,49)(H,50,51)/b11-9-/t24-,25-,27-,28-,31+,32+,41-/m1/s1. The van der Waals surface area contributed by atoms with E-state index < -0.39 is 73.8 Å². The van der Waals surface area contributed by atoms with Crippen molar-refractivity contribution in [2.75, 3.05) is 13.2 Å². The Morgan fingerprint density at radius 2 is 1.91 bits per heavy atom. The van der Waals surface area contributed by atoms with E-state index in [1.165, 1.54) is 9.80 Å². The molecule has 5 aliphatic rings. The lowest BCUT2D eigenvalue weighted by Crippen LogP contribution is -2.62. The van der Waals surface area contributed by atoms with Gasteiger partial charge in [-0.2, -0.15) is 0 Å². The van der Waals surface area contributed by atoms with Gasteiger partial charge in [-0.05, 0) is 95.8 Å². The summed E-state index contributed by atoms with van der Waals surface area (Å²) in [7, 11) is -4.01. The number of nitrogens with zero attached hydrogens (tertiary/aromatic N) is 3. The van der Waals surface area contributed by atoms with Gasteiger partial charge in [0.25, 0.3) is 5.91 Å². The van der Waals surface area contributed by atoms with Crippen molar-refractivity contribution in [3.63, 3.8) is 0 Å². The number of allylic oxidation sites excluding steroid dienone is 1. The summed E-state index contributed by atoms with van der Waals surface area (Å²) in [5.74, 6) is -1.60. The van der Waals surface area contributed by atoms with Gasteiger partial charge >= 0.3 is 6.09 Å². The number of amides is 4. The second kappa shape index (κ2) is 14.5. The van der Waals surface area contributed by atoms with Crippen LogP contribution in [0.3, 0.4) is 0 Å². The normalized spacial score (nSPS) is 30.7. The van der Waals surface area contributed by atoms with Crippen molar-refractivity contribution in [3.8, 4) is 11.6 Å². The maximum Gasteiger partial charge on any atom is 0.408 e. The van der Waals surface area contributed by atoms with E-state index in [2.05, 4.69) is 21.9 Å². The highest BCUT2D eigenvalue weighted by Crippen LogP contribution is 2.48. The van der Waals surface area contributed by atoms with Crippen molar-refractivity contribution in [3.05, 3.63) is 42.1 Å².